The number of aromatic nitrogens is 2. The molecule has 9 nitrogen and oxygen atoms in total. The molecule has 10 heteroatoms. The number of amides is 2. The number of ether oxygens (including phenoxy) is 1. The number of hydrogen-bond donors (Lipinski definition) is 3. The number of anilines is 2. The quantitative estimate of drug-likeness (QED) is 0.427. The minimum absolute atomic E-state index is 0.0334. The first-order valence-electron chi connectivity index (χ1n) is 9.67. The molecule has 1 aromatic carbocycles. The number of urea groups is 1. The van der Waals surface area contributed by atoms with Crippen molar-refractivity contribution >= 4 is 32.9 Å². The van der Waals surface area contributed by atoms with E-state index in [-0.39, 0.29) is 12.3 Å². The third-order valence-corrected chi connectivity index (χ3v) is 5.50. The minimum Gasteiger partial charge on any atom is -0.494 e. The van der Waals surface area contributed by atoms with Gasteiger partial charge in [-0.05, 0) is 48.9 Å². The summed E-state index contributed by atoms with van der Waals surface area (Å²) in [4.78, 5) is 12.0. The van der Waals surface area contributed by atoms with Crippen molar-refractivity contribution in [1.29, 1.82) is 0 Å². The van der Waals surface area contributed by atoms with Crippen LogP contribution in [0.4, 0.5) is 16.2 Å². The molecule has 0 fully saturated rings. The highest BCUT2D eigenvalue weighted by Crippen LogP contribution is 2.16. The zero-order valence-corrected chi connectivity index (χ0v) is 17.5. The number of carbonyl (C=O) groups excluding carboxylic acids is 1. The maximum Gasteiger partial charge on any atom is 0.319 e. The lowest BCUT2D eigenvalue weighted by atomic mass is 10.3. The van der Waals surface area contributed by atoms with Gasteiger partial charge in [0.2, 0.25) is 10.0 Å². The second kappa shape index (κ2) is 9.97. The first kappa shape index (κ1) is 21.4. The maximum absolute atomic E-state index is 12.2. The van der Waals surface area contributed by atoms with Crippen LogP contribution in [-0.4, -0.2) is 43.0 Å². The highest BCUT2D eigenvalue weighted by molar-refractivity contribution is 7.92. The summed E-state index contributed by atoms with van der Waals surface area (Å²) in [6, 6.07) is 11.6. The second-order valence-corrected chi connectivity index (χ2v) is 8.49. The van der Waals surface area contributed by atoms with Gasteiger partial charge in [0.1, 0.15) is 5.75 Å². The van der Waals surface area contributed by atoms with Crippen LogP contribution in [0.3, 0.4) is 0 Å². The van der Waals surface area contributed by atoms with Gasteiger partial charge in [0.15, 0.2) is 0 Å². The van der Waals surface area contributed by atoms with Gasteiger partial charge in [-0.1, -0.05) is 13.3 Å². The molecular weight excluding hydrogens is 406 g/mol. The molecule has 2 heterocycles. The molecule has 30 heavy (non-hydrogen) atoms. The Labute approximate surface area is 175 Å². The Morgan fingerprint density at radius 1 is 1.13 bits per heavy atom. The lowest BCUT2D eigenvalue weighted by molar-refractivity contribution is 0.252. The molecule has 0 atom stereocenters. The van der Waals surface area contributed by atoms with Gasteiger partial charge in [-0.25, -0.2) is 17.7 Å². The van der Waals surface area contributed by atoms with Crippen LogP contribution in [0.2, 0.25) is 0 Å². The number of unbranched alkanes of at least 4 members (excludes halogenated alkanes) is 1. The predicted octanol–water partition coefficient (Wildman–Crippen LogP) is 3.08. The number of carbonyl (C=O) groups is 1. The van der Waals surface area contributed by atoms with Crippen LogP contribution >= 0.6 is 0 Å². The van der Waals surface area contributed by atoms with Gasteiger partial charge in [-0.3, -0.25) is 4.72 Å². The molecule has 160 valence electrons. The molecule has 0 aliphatic heterocycles. The average Bonchev–Trinajstić information content (AvgIpc) is 3.17. The monoisotopic (exact) mass is 431 g/mol. The molecule has 0 saturated carbocycles. The predicted molar refractivity (Wildman–Crippen MR) is 116 cm³/mol. The largest absolute Gasteiger partial charge is 0.494 e. The fourth-order valence-electron chi connectivity index (χ4n) is 2.66. The Bertz CT molecular complexity index is 1080. The highest BCUT2D eigenvalue weighted by Gasteiger charge is 2.12. The lowest BCUT2D eigenvalue weighted by Crippen LogP contribution is -2.34. The smallest absolute Gasteiger partial charge is 0.319 e. The Kier molecular flexibility index (Phi) is 7.12. The summed E-state index contributed by atoms with van der Waals surface area (Å²) in [5.41, 5.74) is 1.80. The zero-order valence-electron chi connectivity index (χ0n) is 16.7. The third-order valence-electron chi connectivity index (χ3n) is 4.21. The number of pyridine rings is 1. The van der Waals surface area contributed by atoms with E-state index >= 15 is 0 Å². The summed E-state index contributed by atoms with van der Waals surface area (Å²) < 4.78 is 34.2. The number of fused-ring (bicyclic) bond motifs is 1. The van der Waals surface area contributed by atoms with Crippen molar-refractivity contribution < 1.29 is 17.9 Å². The zero-order chi connectivity index (χ0) is 21.4. The number of hydrogen-bond acceptors (Lipinski definition) is 5. The van der Waals surface area contributed by atoms with Gasteiger partial charge in [0.25, 0.3) is 0 Å². The molecule has 0 aliphatic rings. The molecule has 3 rings (SSSR count). The van der Waals surface area contributed by atoms with Crippen LogP contribution in [0.15, 0.2) is 54.9 Å². The third kappa shape index (κ3) is 6.38. The van der Waals surface area contributed by atoms with Gasteiger partial charge >= 0.3 is 6.03 Å². The number of rotatable bonds is 10. The van der Waals surface area contributed by atoms with Crippen molar-refractivity contribution in [2.75, 3.05) is 28.9 Å². The Hall–Kier alpha value is -3.27. The van der Waals surface area contributed by atoms with E-state index in [1.54, 1.807) is 59.4 Å². The van der Waals surface area contributed by atoms with Crippen LogP contribution in [0.25, 0.3) is 5.52 Å². The SMILES string of the molecule is CCCCOc1ccc(NC(=O)NCCS(=O)(=O)Nc2ccn3nccc3c2)cc1. The Balaban J connectivity index is 1.42. The summed E-state index contributed by atoms with van der Waals surface area (Å²) in [6.45, 7) is 2.72. The number of sulfonamides is 1. The van der Waals surface area contributed by atoms with E-state index in [0.29, 0.717) is 18.0 Å². The molecule has 2 aromatic heterocycles. The molecule has 0 saturated heterocycles. The summed E-state index contributed by atoms with van der Waals surface area (Å²) >= 11 is 0. The van der Waals surface area contributed by atoms with E-state index in [9.17, 15) is 13.2 Å². The van der Waals surface area contributed by atoms with E-state index in [1.165, 1.54) is 0 Å². The standard InChI is InChI=1S/C20H25N5O4S/c1-2-3-13-29-19-6-4-16(5-7-19)23-20(26)21-11-14-30(27,28)24-17-9-12-25-18(15-17)8-10-22-25/h4-10,12,15,24H,2-3,11,13-14H2,1H3,(H2,21,23,26). The topological polar surface area (TPSA) is 114 Å². The van der Waals surface area contributed by atoms with Gasteiger partial charge in [-0.15, -0.1) is 0 Å². The molecule has 2 amide bonds. The lowest BCUT2D eigenvalue weighted by Gasteiger charge is -2.11. The first-order chi connectivity index (χ1) is 14.4. The fraction of sp³-hybridized carbons (Fsp3) is 0.300. The number of benzene rings is 1. The van der Waals surface area contributed by atoms with Crippen LogP contribution in [0.5, 0.6) is 5.75 Å². The summed E-state index contributed by atoms with van der Waals surface area (Å²) in [6.07, 6.45) is 5.34. The average molecular weight is 432 g/mol. The summed E-state index contributed by atoms with van der Waals surface area (Å²) in [5.74, 6) is 0.482. The van der Waals surface area contributed by atoms with Crippen LogP contribution < -0.4 is 20.1 Å². The van der Waals surface area contributed by atoms with Crippen molar-refractivity contribution in [3.63, 3.8) is 0 Å². The summed E-state index contributed by atoms with van der Waals surface area (Å²) in [7, 11) is -3.61. The first-order valence-corrected chi connectivity index (χ1v) is 11.3. The van der Waals surface area contributed by atoms with Crippen molar-refractivity contribution in [3.05, 3.63) is 54.9 Å². The highest BCUT2D eigenvalue weighted by atomic mass is 32.2. The number of nitrogens with zero attached hydrogens (tertiary/aromatic N) is 2. The Morgan fingerprint density at radius 3 is 2.70 bits per heavy atom. The molecule has 0 aliphatic carbocycles. The molecule has 0 unspecified atom stereocenters. The molecule has 3 N–H and O–H groups in total. The minimum atomic E-state index is -3.61. The Morgan fingerprint density at radius 2 is 1.93 bits per heavy atom. The number of nitrogens with one attached hydrogen (secondary N) is 3. The van der Waals surface area contributed by atoms with Crippen molar-refractivity contribution in [1.82, 2.24) is 14.9 Å². The van der Waals surface area contributed by atoms with E-state index in [1.807, 2.05) is 0 Å². The fourth-order valence-corrected chi connectivity index (χ4v) is 3.62. The van der Waals surface area contributed by atoms with E-state index < -0.39 is 16.1 Å². The van der Waals surface area contributed by atoms with E-state index in [4.69, 9.17) is 4.74 Å². The molecule has 0 bridgehead atoms. The normalized spacial score (nSPS) is 11.2. The van der Waals surface area contributed by atoms with E-state index in [2.05, 4.69) is 27.4 Å². The van der Waals surface area contributed by atoms with Crippen LogP contribution in [0, 0.1) is 0 Å². The molecule has 3 aromatic rings. The van der Waals surface area contributed by atoms with Gasteiger partial charge in [0.05, 0.1) is 23.6 Å². The van der Waals surface area contributed by atoms with Crippen molar-refractivity contribution in [2.45, 2.75) is 19.8 Å². The van der Waals surface area contributed by atoms with Gasteiger partial charge in [-0.2, -0.15) is 5.10 Å². The van der Waals surface area contributed by atoms with E-state index in [0.717, 1.165) is 24.1 Å². The molecule has 0 spiro atoms. The van der Waals surface area contributed by atoms with Crippen molar-refractivity contribution in [3.8, 4) is 5.75 Å². The van der Waals surface area contributed by atoms with Crippen LogP contribution in [-0.2, 0) is 10.0 Å². The molecular formula is C20H25N5O4S. The summed E-state index contributed by atoms with van der Waals surface area (Å²) in [5, 5.41) is 9.26. The second-order valence-electron chi connectivity index (χ2n) is 6.64. The van der Waals surface area contributed by atoms with Gasteiger partial charge in [0, 0.05) is 24.6 Å². The van der Waals surface area contributed by atoms with Crippen LogP contribution in [0.1, 0.15) is 19.8 Å². The molecule has 0 radical (unpaired) electrons. The maximum atomic E-state index is 12.2. The van der Waals surface area contributed by atoms with Crippen molar-refractivity contribution in [2.24, 2.45) is 0 Å². The van der Waals surface area contributed by atoms with Gasteiger partial charge < -0.3 is 15.4 Å².